The van der Waals surface area contributed by atoms with E-state index in [-0.39, 0.29) is 5.91 Å². The Bertz CT molecular complexity index is 237. The molecule has 0 aromatic carbocycles. The minimum atomic E-state index is 0.209. The molecule has 3 heteroatoms. The third-order valence-electron chi connectivity index (χ3n) is 4.40. The van der Waals surface area contributed by atoms with E-state index >= 15 is 0 Å². The maximum atomic E-state index is 11.8. The van der Waals surface area contributed by atoms with Crippen LogP contribution in [-0.4, -0.2) is 25.5 Å². The molecule has 1 aliphatic carbocycles. The Balaban J connectivity index is 2.25. The molecule has 0 aromatic heterocycles. The number of nitrogens with one attached hydrogen (secondary N) is 2. The van der Waals surface area contributed by atoms with Crippen molar-refractivity contribution < 1.29 is 4.79 Å². The summed E-state index contributed by atoms with van der Waals surface area (Å²) >= 11 is 0. The predicted octanol–water partition coefficient (Wildman–Crippen LogP) is 2.71. The molecule has 1 rings (SSSR count). The van der Waals surface area contributed by atoms with E-state index < -0.39 is 0 Å². The lowest BCUT2D eigenvalue weighted by Crippen LogP contribution is -2.40. The van der Waals surface area contributed by atoms with E-state index in [4.69, 9.17) is 0 Å². The lowest BCUT2D eigenvalue weighted by atomic mass is 9.78. The second-order valence-electron chi connectivity index (χ2n) is 5.82. The minimum absolute atomic E-state index is 0.209. The normalized spacial score (nSPS) is 20.4. The highest BCUT2D eigenvalue weighted by atomic mass is 16.1. The van der Waals surface area contributed by atoms with Crippen molar-refractivity contribution in [3.8, 4) is 0 Å². The van der Waals surface area contributed by atoms with Crippen LogP contribution in [-0.2, 0) is 4.79 Å². The maximum Gasteiger partial charge on any atom is 0.220 e. The van der Waals surface area contributed by atoms with Gasteiger partial charge in [0.05, 0.1) is 0 Å². The van der Waals surface area contributed by atoms with Gasteiger partial charge in [0.25, 0.3) is 0 Å². The van der Waals surface area contributed by atoms with Crippen LogP contribution >= 0.6 is 0 Å². The molecule has 2 N–H and O–H groups in total. The van der Waals surface area contributed by atoms with Gasteiger partial charge in [-0.05, 0) is 38.8 Å². The number of carbonyl (C=O) groups excluding carboxylic acids is 1. The van der Waals surface area contributed by atoms with Gasteiger partial charge in [0.2, 0.25) is 5.91 Å². The van der Waals surface area contributed by atoms with Crippen molar-refractivity contribution in [2.75, 3.05) is 13.6 Å². The Morgan fingerprint density at radius 3 is 2.50 bits per heavy atom. The third kappa shape index (κ3) is 5.38. The Morgan fingerprint density at radius 2 is 1.89 bits per heavy atom. The second-order valence-corrected chi connectivity index (χ2v) is 5.82. The molecule has 0 aliphatic heterocycles. The lowest BCUT2D eigenvalue weighted by molar-refractivity contribution is -0.122. The van der Waals surface area contributed by atoms with Crippen molar-refractivity contribution in [3.63, 3.8) is 0 Å². The van der Waals surface area contributed by atoms with Gasteiger partial charge in [-0.25, -0.2) is 0 Å². The highest BCUT2D eigenvalue weighted by molar-refractivity contribution is 5.76. The van der Waals surface area contributed by atoms with Gasteiger partial charge in [-0.15, -0.1) is 0 Å². The standard InChI is InChI=1S/C15H30N2O/c1-12(14-8-5-4-6-9-14)13(2)17-15(18)10-7-11-16-3/h12-14,16H,4-11H2,1-3H3,(H,17,18). The quantitative estimate of drug-likeness (QED) is 0.686. The summed E-state index contributed by atoms with van der Waals surface area (Å²) in [6.45, 7) is 5.38. The van der Waals surface area contributed by atoms with Crippen LogP contribution < -0.4 is 10.6 Å². The van der Waals surface area contributed by atoms with Crippen molar-refractivity contribution in [1.29, 1.82) is 0 Å². The Morgan fingerprint density at radius 1 is 1.22 bits per heavy atom. The molecule has 0 bridgehead atoms. The molecule has 3 nitrogen and oxygen atoms in total. The zero-order valence-corrected chi connectivity index (χ0v) is 12.3. The lowest BCUT2D eigenvalue weighted by Gasteiger charge is -2.32. The van der Waals surface area contributed by atoms with E-state index in [1.807, 2.05) is 7.05 Å². The van der Waals surface area contributed by atoms with Crippen molar-refractivity contribution in [3.05, 3.63) is 0 Å². The molecule has 0 spiro atoms. The molecule has 106 valence electrons. The van der Waals surface area contributed by atoms with Crippen molar-refractivity contribution in [2.45, 2.75) is 64.8 Å². The van der Waals surface area contributed by atoms with Crippen LogP contribution in [0, 0.1) is 11.8 Å². The topological polar surface area (TPSA) is 41.1 Å². The average Bonchev–Trinajstić information content (AvgIpc) is 2.39. The van der Waals surface area contributed by atoms with Gasteiger partial charge in [0.1, 0.15) is 0 Å². The Hall–Kier alpha value is -0.570. The predicted molar refractivity (Wildman–Crippen MR) is 76.5 cm³/mol. The van der Waals surface area contributed by atoms with E-state index in [0.29, 0.717) is 18.4 Å². The zero-order valence-electron chi connectivity index (χ0n) is 12.3. The summed E-state index contributed by atoms with van der Waals surface area (Å²) in [5.41, 5.74) is 0. The summed E-state index contributed by atoms with van der Waals surface area (Å²) in [5, 5.41) is 6.24. The summed E-state index contributed by atoms with van der Waals surface area (Å²) in [6.07, 6.45) is 8.40. The molecule has 0 aromatic rings. The first-order chi connectivity index (χ1) is 8.65. The summed E-state index contributed by atoms with van der Waals surface area (Å²) < 4.78 is 0. The fourth-order valence-corrected chi connectivity index (χ4v) is 2.95. The van der Waals surface area contributed by atoms with E-state index in [1.54, 1.807) is 0 Å². The molecule has 1 fully saturated rings. The van der Waals surface area contributed by atoms with Gasteiger partial charge >= 0.3 is 0 Å². The summed E-state index contributed by atoms with van der Waals surface area (Å²) in [6, 6.07) is 0.315. The molecule has 1 saturated carbocycles. The van der Waals surface area contributed by atoms with Crippen LogP contribution in [0.3, 0.4) is 0 Å². The molecule has 0 heterocycles. The van der Waals surface area contributed by atoms with E-state index in [0.717, 1.165) is 18.9 Å². The molecular weight excluding hydrogens is 224 g/mol. The van der Waals surface area contributed by atoms with E-state index in [2.05, 4.69) is 24.5 Å². The SMILES string of the molecule is CNCCCC(=O)NC(C)C(C)C1CCCCC1. The van der Waals surface area contributed by atoms with Crippen LogP contribution in [0.2, 0.25) is 0 Å². The first-order valence-corrected chi connectivity index (χ1v) is 7.59. The smallest absolute Gasteiger partial charge is 0.220 e. The van der Waals surface area contributed by atoms with Gasteiger partial charge < -0.3 is 10.6 Å². The highest BCUT2D eigenvalue weighted by Gasteiger charge is 2.25. The zero-order chi connectivity index (χ0) is 13.4. The van der Waals surface area contributed by atoms with Crippen molar-refractivity contribution in [2.24, 2.45) is 11.8 Å². The number of hydrogen-bond donors (Lipinski definition) is 2. The third-order valence-corrected chi connectivity index (χ3v) is 4.40. The van der Waals surface area contributed by atoms with Crippen molar-refractivity contribution in [1.82, 2.24) is 10.6 Å². The molecule has 1 amide bonds. The van der Waals surface area contributed by atoms with Crippen LogP contribution in [0.25, 0.3) is 0 Å². The van der Waals surface area contributed by atoms with E-state index in [9.17, 15) is 4.79 Å². The van der Waals surface area contributed by atoms with E-state index in [1.165, 1.54) is 32.1 Å². The maximum absolute atomic E-state index is 11.8. The highest BCUT2D eigenvalue weighted by Crippen LogP contribution is 2.31. The molecular formula is C15H30N2O. The van der Waals surface area contributed by atoms with Gasteiger partial charge in [-0.2, -0.15) is 0 Å². The average molecular weight is 254 g/mol. The fourth-order valence-electron chi connectivity index (χ4n) is 2.95. The van der Waals surface area contributed by atoms with Crippen LogP contribution in [0.4, 0.5) is 0 Å². The van der Waals surface area contributed by atoms with Gasteiger partial charge in [-0.3, -0.25) is 4.79 Å². The molecule has 1 aliphatic rings. The first kappa shape index (κ1) is 15.5. The minimum Gasteiger partial charge on any atom is -0.353 e. The Labute approximate surface area is 112 Å². The van der Waals surface area contributed by atoms with Crippen LogP contribution in [0.5, 0.6) is 0 Å². The molecule has 0 saturated heterocycles. The van der Waals surface area contributed by atoms with Crippen LogP contribution in [0.1, 0.15) is 58.8 Å². The largest absolute Gasteiger partial charge is 0.353 e. The second kappa shape index (κ2) is 8.52. The van der Waals surface area contributed by atoms with Gasteiger partial charge in [-0.1, -0.05) is 39.0 Å². The number of carbonyl (C=O) groups is 1. The number of hydrogen-bond acceptors (Lipinski definition) is 2. The monoisotopic (exact) mass is 254 g/mol. The molecule has 2 atom stereocenters. The first-order valence-electron chi connectivity index (χ1n) is 7.59. The van der Waals surface area contributed by atoms with Crippen molar-refractivity contribution >= 4 is 5.91 Å². The molecule has 18 heavy (non-hydrogen) atoms. The fraction of sp³-hybridized carbons (Fsp3) is 0.933. The summed E-state index contributed by atoms with van der Waals surface area (Å²) in [7, 11) is 1.92. The summed E-state index contributed by atoms with van der Waals surface area (Å²) in [5.74, 6) is 1.63. The Kier molecular flexibility index (Phi) is 7.33. The van der Waals surface area contributed by atoms with Crippen LogP contribution in [0.15, 0.2) is 0 Å². The molecule has 2 unspecified atom stereocenters. The molecule has 0 radical (unpaired) electrons. The number of rotatable bonds is 7. The summed E-state index contributed by atoms with van der Waals surface area (Å²) in [4.78, 5) is 11.8. The van der Waals surface area contributed by atoms with Gasteiger partial charge in [0, 0.05) is 12.5 Å². The van der Waals surface area contributed by atoms with Gasteiger partial charge in [0.15, 0.2) is 0 Å². The number of amides is 1.